The number of amides is 3. The van der Waals surface area contributed by atoms with Crippen LogP contribution in [-0.4, -0.2) is 42.5 Å². The fourth-order valence-electron chi connectivity index (χ4n) is 2.70. The second-order valence-corrected chi connectivity index (χ2v) is 5.93. The highest BCUT2D eigenvalue weighted by atomic mass is 19.1. The summed E-state index contributed by atoms with van der Waals surface area (Å²) in [4.78, 5) is 25.5. The Bertz CT molecular complexity index is 565. The fourth-order valence-corrected chi connectivity index (χ4v) is 2.70. The lowest BCUT2D eigenvalue weighted by molar-refractivity contribution is -0.133. The zero-order valence-electron chi connectivity index (χ0n) is 13.2. The van der Waals surface area contributed by atoms with Crippen LogP contribution in [0.5, 0.6) is 0 Å². The van der Waals surface area contributed by atoms with Crippen LogP contribution in [-0.2, 0) is 4.79 Å². The van der Waals surface area contributed by atoms with Gasteiger partial charge in [-0.05, 0) is 43.9 Å². The van der Waals surface area contributed by atoms with Crippen molar-refractivity contribution < 1.29 is 14.0 Å². The summed E-state index contributed by atoms with van der Waals surface area (Å²) in [7, 11) is 0. The first kappa shape index (κ1) is 17.2. The van der Waals surface area contributed by atoms with Crippen LogP contribution < -0.4 is 16.4 Å². The van der Waals surface area contributed by atoms with E-state index in [2.05, 4.69) is 10.6 Å². The van der Waals surface area contributed by atoms with Gasteiger partial charge in [-0.15, -0.1) is 0 Å². The minimum absolute atomic E-state index is 0.0566. The molecule has 1 aliphatic rings. The summed E-state index contributed by atoms with van der Waals surface area (Å²) >= 11 is 0. The maximum absolute atomic E-state index is 13.1. The maximum Gasteiger partial charge on any atom is 0.319 e. The number of hydrogen-bond acceptors (Lipinski definition) is 3. The Labute approximate surface area is 135 Å². The van der Waals surface area contributed by atoms with Gasteiger partial charge in [-0.3, -0.25) is 4.79 Å². The van der Waals surface area contributed by atoms with Crippen LogP contribution >= 0.6 is 0 Å². The van der Waals surface area contributed by atoms with Gasteiger partial charge in [-0.1, -0.05) is 6.07 Å². The van der Waals surface area contributed by atoms with Crippen molar-refractivity contribution in [2.75, 3.05) is 25.0 Å². The number of hydrogen-bond donors (Lipinski definition) is 3. The second-order valence-electron chi connectivity index (χ2n) is 5.93. The fraction of sp³-hybridized carbons (Fsp3) is 0.500. The number of halogens is 1. The summed E-state index contributed by atoms with van der Waals surface area (Å²) in [5.74, 6) is -0.260. The van der Waals surface area contributed by atoms with E-state index in [0.29, 0.717) is 25.3 Å². The molecule has 1 aromatic carbocycles. The molecule has 2 atom stereocenters. The molecule has 1 unspecified atom stereocenters. The summed E-state index contributed by atoms with van der Waals surface area (Å²) in [6, 6.07) is 4.83. The average Bonchev–Trinajstić information content (AvgIpc) is 2.52. The van der Waals surface area contributed by atoms with E-state index in [1.54, 1.807) is 17.9 Å². The van der Waals surface area contributed by atoms with Gasteiger partial charge in [0.05, 0.1) is 6.04 Å². The average molecular weight is 322 g/mol. The Kier molecular flexibility index (Phi) is 5.92. The van der Waals surface area contributed by atoms with E-state index in [0.717, 1.165) is 12.8 Å². The van der Waals surface area contributed by atoms with Gasteiger partial charge in [0, 0.05) is 25.3 Å². The van der Waals surface area contributed by atoms with Crippen LogP contribution in [0.3, 0.4) is 0 Å². The van der Waals surface area contributed by atoms with Gasteiger partial charge in [-0.2, -0.15) is 0 Å². The summed E-state index contributed by atoms with van der Waals surface area (Å²) < 4.78 is 13.1. The second kappa shape index (κ2) is 7.92. The van der Waals surface area contributed by atoms with E-state index in [-0.39, 0.29) is 17.9 Å². The molecule has 1 saturated heterocycles. The summed E-state index contributed by atoms with van der Waals surface area (Å²) in [5.41, 5.74) is 6.03. The highest BCUT2D eigenvalue weighted by Gasteiger charge is 2.25. The highest BCUT2D eigenvalue weighted by Crippen LogP contribution is 2.16. The van der Waals surface area contributed by atoms with Crippen LogP contribution in [0.15, 0.2) is 24.3 Å². The zero-order chi connectivity index (χ0) is 16.8. The van der Waals surface area contributed by atoms with Gasteiger partial charge in [-0.25, -0.2) is 9.18 Å². The third-order valence-electron chi connectivity index (χ3n) is 3.85. The third kappa shape index (κ3) is 5.21. The predicted molar refractivity (Wildman–Crippen MR) is 86.4 cm³/mol. The van der Waals surface area contributed by atoms with Gasteiger partial charge < -0.3 is 21.3 Å². The molecule has 0 aromatic heterocycles. The number of nitrogens with one attached hydrogen (secondary N) is 2. The van der Waals surface area contributed by atoms with Crippen LogP contribution in [0, 0.1) is 11.7 Å². The molecule has 1 aromatic rings. The summed E-state index contributed by atoms with van der Waals surface area (Å²) in [6.45, 7) is 3.45. The SMILES string of the molecule is C[C@H](N)C(=O)N1CCCC(CNC(=O)Nc2cccc(F)c2)C1. The van der Waals surface area contributed by atoms with E-state index >= 15 is 0 Å². The third-order valence-corrected chi connectivity index (χ3v) is 3.85. The van der Waals surface area contributed by atoms with Gasteiger partial charge in [0.25, 0.3) is 0 Å². The number of nitrogens with two attached hydrogens (primary N) is 1. The monoisotopic (exact) mass is 322 g/mol. The molecule has 3 amide bonds. The van der Waals surface area contributed by atoms with E-state index < -0.39 is 11.9 Å². The first-order valence-corrected chi connectivity index (χ1v) is 7.80. The molecule has 0 saturated carbocycles. The number of anilines is 1. The van der Waals surface area contributed by atoms with Crippen molar-refractivity contribution in [1.29, 1.82) is 0 Å². The zero-order valence-corrected chi connectivity index (χ0v) is 13.2. The van der Waals surface area contributed by atoms with Crippen molar-refractivity contribution in [2.24, 2.45) is 11.7 Å². The van der Waals surface area contributed by atoms with Gasteiger partial charge in [0.15, 0.2) is 0 Å². The van der Waals surface area contributed by atoms with E-state index in [1.807, 2.05) is 0 Å². The molecular formula is C16H23FN4O2. The molecule has 6 nitrogen and oxygen atoms in total. The topological polar surface area (TPSA) is 87.5 Å². The minimum Gasteiger partial charge on any atom is -0.341 e. The van der Waals surface area contributed by atoms with Gasteiger partial charge >= 0.3 is 6.03 Å². The minimum atomic E-state index is -0.502. The molecule has 1 fully saturated rings. The molecule has 1 heterocycles. The smallest absolute Gasteiger partial charge is 0.319 e. The Balaban J connectivity index is 1.78. The molecule has 0 aliphatic carbocycles. The maximum atomic E-state index is 13.1. The molecule has 1 aliphatic heterocycles. The standard InChI is InChI=1S/C16H23FN4O2/c1-11(18)15(22)21-7-3-4-12(10-21)9-19-16(23)20-14-6-2-5-13(17)8-14/h2,5-6,8,11-12H,3-4,7,9-10,18H2,1H3,(H2,19,20,23)/t11-,12?/m0/s1. The number of benzene rings is 1. The number of piperidine rings is 1. The molecular weight excluding hydrogens is 299 g/mol. The van der Waals surface area contributed by atoms with Gasteiger partial charge in [0.2, 0.25) is 5.91 Å². The Morgan fingerprint density at radius 1 is 1.48 bits per heavy atom. The number of rotatable bonds is 4. The Hall–Kier alpha value is -2.15. The van der Waals surface area contributed by atoms with E-state index in [9.17, 15) is 14.0 Å². The van der Waals surface area contributed by atoms with E-state index in [4.69, 9.17) is 5.73 Å². The van der Waals surface area contributed by atoms with Crippen molar-refractivity contribution >= 4 is 17.6 Å². The lowest BCUT2D eigenvalue weighted by atomic mass is 9.97. The van der Waals surface area contributed by atoms with E-state index in [1.165, 1.54) is 18.2 Å². The molecule has 2 rings (SSSR count). The van der Waals surface area contributed by atoms with Crippen molar-refractivity contribution in [2.45, 2.75) is 25.8 Å². The number of carbonyl (C=O) groups is 2. The van der Waals surface area contributed by atoms with Crippen molar-refractivity contribution in [1.82, 2.24) is 10.2 Å². The lowest BCUT2D eigenvalue weighted by Gasteiger charge is -2.33. The highest BCUT2D eigenvalue weighted by molar-refractivity contribution is 5.89. The summed E-state index contributed by atoms with van der Waals surface area (Å²) in [5, 5.41) is 5.35. The van der Waals surface area contributed by atoms with Crippen molar-refractivity contribution in [3.8, 4) is 0 Å². The molecule has 0 radical (unpaired) electrons. The first-order valence-electron chi connectivity index (χ1n) is 7.80. The number of urea groups is 1. The molecule has 0 spiro atoms. The first-order chi connectivity index (χ1) is 11.0. The molecule has 23 heavy (non-hydrogen) atoms. The molecule has 0 bridgehead atoms. The molecule has 7 heteroatoms. The Morgan fingerprint density at radius 3 is 2.96 bits per heavy atom. The summed E-state index contributed by atoms with van der Waals surface area (Å²) in [6.07, 6.45) is 1.85. The van der Waals surface area contributed by atoms with Gasteiger partial charge in [0.1, 0.15) is 5.82 Å². The Morgan fingerprint density at radius 2 is 2.26 bits per heavy atom. The quantitative estimate of drug-likeness (QED) is 0.785. The lowest BCUT2D eigenvalue weighted by Crippen LogP contribution is -2.49. The number of likely N-dealkylation sites (tertiary alicyclic amines) is 1. The molecule has 4 N–H and O–H groups in total. The van der Waals surface area contributed by atoms with Crippen LogP contribution in [0.1, 0.15) is 19.8 Å². The largest absolute Gasteiger partial charge is 0.341 e. The normalized spacial score (nSPS) is 19.1. The number of nitrogens with zero attached hydrogens (tertiary/aromatic N) is 1. The molecule has 126 valence electrons. The number of carbonyl (C=O) groups excluding carboxylic acids is 2. The van der Waals surface area contributed by atoms with Crippen molar-refractivity contribution in [3.05, 3.63) is 30.1 Å². The predicted octanol–water partition coefficient (Wildman–Crippen LogP) is 1.53. The van der Waals surface area contributed by atoms with Crippen molar-refractivity contribution in [3.63, 3.8) is 0 Å². The van der Waals surface area contributed by atoms with Crippen LogP contribution in [0.25, 0.3) is 0 Å². The van der Waals surface area contributed by atoms with Crippen LogP contribution in [0.2, 0.25) is 0 Å². The van der Waals surface area contributed by atoms with Crippen LogP contribution in [0.4, 0.5) is 14.9 Å².